The van der Waals surface area contributed by atoms with Crippen LogP contribution in [-0.2, 0) is 14.4 Å². The van der Waals surface area contributed by atoms with E-state index in [0.29, 0.717) is 0 Å². The number of thioether (sulfide) groups is 1. The summed E-state index contributed by atoms with van der Waals surface area (Å²) in [4.78, 5) is 37.0. The molecular weight excluding hydrogens is 370 g/mol. The van der Waals surface area contributed by atoms with Crippen molar-refractivity contribution in [2.45, 2.75) is 77.3 Å². The molecule has 146 valence electrons. The molecule has 1 atom stereocenters. The van der Waals surface area contributed by atoms with Crippen LogP contribution in [0.1, 0.15) is 62.3 Å². The highest BCUT2D eigenvalue weighted by Crippen LogP contribution is 2.85. The van der Waals surface area contributed by atoms with Crippen LogP contribution >= 0.6 is 23.7 Å². The van der Waals surface area contributed by atoms with Crippen LogP contribution in [0.15, 0.2) is 0 Å². The lowest BCUT2D eigenvalue weighted by Gasteiger charge is -2.67. The van der Waals surface area contributed by atoms with Gasteiger partial charge in [0.2, 0.25) is 0 Å². The Kier molecular flexibility index (Phi) is 3.81. The number of carboxylic acids is 1. The fourth-order valence-electron chi connectivity index (χ4n) is 5.82. The Morgan fingerprint density at radius 3 is 1.65 bits per heavy atom. The van der Waals surface area contributed by atoms with Crippen molar-refractivity contribution in [1.82, 2.24) is 4.31 Å². The van der Waals surface area contributed by atoms with E-state index in [4.69, 9.17) is 0 Å². The first-order valence-electron chi connectivity index (χ1n) is 8.98. The molecule has 1 heterocycles. The number of aliphatic carboxylic acids is 1. The molecular formula is C19H29NO4S2. The Labute approximate surface area is 164 Å². The lowest BCUT2D eigenvalue weighted by Crippen LogP contribution is -2.78. The average molecular weight is 400 g/mol. The van der Waals surface area contributed by atoms with Crippen molar-refractivity contribution in [3.8, 4) is 0 Å². The second-order valence-corrected chi connectivity index (χ2v) is 12.8. The number of rotatable bonds is 2. The molecule has 3 rings (SSSR count). The summed E-state index contributed by atoms with van der Waals surface area (Å²) in [6.45, 7) is 17.1. The third-order valence-corrected chi connectivity index (χ3v) is 12.6. The summed E-state index contributed by atoms with van der Waals surface area (Å²) >= 11 is 3.15. The van der Waals surface area contributed by atoms with Crippen LogP contribution in [0.25, 0.3) is 0 Å². The Balaban J connectivity index is 2.24. The minimum absolute atomic E-state index is 0.138. The number of hydrogen-bond acceptors (Lipinski definition) is 6. The highest BCUT2D eigenvalue weighted by Gasteiger charge is 2.87. The predicted molar refractivity (Wildman–Crippen MR) is 105 cm³/mol. The van der Waals surface area contributed by atoms with E-state index >= 15 is 0 Å². The Morgan fingerprint density at radius 1 is 0.885 bits per heavy atom. The van der Waals surface area contributed by atoms with Crippen molar-refractivity contribution >= 4 is 41.2 Å². The van der Waals surface area contributed by atoms with Crippen molar-refractivity contribution in [1.29, 1.82) is 0 Å². The van der Waals surface area contributed by atoms with Crippen LogP contribution in [0.5, 0.6) is 0 Å². The number of carbonyl (C=O) groups excluding carboxylic acids is 2. The fraction of sp³-hybridized carbons (Fsp3) is 0.842. The minimum Gasteiger partial charge on any atom is -0.480 e. The van der Waals surface area contributed by atoms with Crippen molar-refractivity contribution in [3.63, 3.8) is 0 Å². The van der Waals surface area contributed by atoms with Crippen LogP contribution < -0.4 is 0 Å². The maximum Gasteiger partial charge on any atom is 0.321 e. The molecule has 2 aliphatic carbocycles. The van der Waals surface area contributed by atoms with Gasteiger partial charge in [-0.25, -0.2) is 4.31 Å². The van der Waals surface area contributed by atoms with Gasteiger partial charge in [0.1, 0.15) is 26.6 Å². The van der Waals surface area contributed by atoms with Gasteiger partial charge in [-0.1, -0.05) is 67.3 Å². The SMILES string of the molecule is CC(C(=O)O)N1SC2(SC13C(C)(C)C(=O)C3(C)C)C(C)(C)C(=O)C2(C)C. The third kappa shape index (κ3) is 1.66. The first-order valence-corrected chi connectivity index (χ1v) is 10.6. The van der Waals surface area contributed by atoms with E-state index in [1.165, 1.54) is 11.9 Å². The number of carboxylic acid groups (broad SMARTS) is 1. The van der Waals surface area contributed by atoms with Crippen LogP contribution in [0.2, 0.25) is 0 Å². The van der Waals surface area contributed by atoms with E-state index in [9.17, 15) is 19.5 Å². The zero-order valence-corrected chi connectivity index (χ0v) is 18.6. The van der Waals surface area contributed by atoms with Crippen LogP contribution in [0.3, 0.4) is 0 Å². The highest BCUT2D eigenvalue weighted by atomic mass is 32.2. The molecule has 3 fully saturated rings. The molecule has 0 aromatic heterocycles. The van der Waals surface area contributed by atoms with Crippen LogP contribution in [0, 0.1) is 21.7 Å². The van der Waals surface area contributed by atoms with E-state index < -0.39 is 42.6 Å². The zero-order valence-electron chi connectivity index (χ0n) is 17.0. The molecule has 0 amide bonds. The van der Waals surface area contributed by atoms with Crippen molar-refractivity contribution in [2.75, 3.05) is 0 Å². The molecule has 26 heavy (non-hydrogen) atoms. The molecule has 2 saturated carbocycles. The maximum atomic E-state index is 12.9. The summed E-state index contributed by atoms with van der Waals surface area (Å²) < 4.78 is 1.42. The van der Waals surface area contributed by atoms with E-state index in [1.54, 1.807) is 18.7 Å². The Bertz CT molecular complexity index is 702. The standard InChI is InChI=1S/C19H29NO4S2/c1-10(11(21)22)20-18(14(2,3)12(23)15(18,4)5)25-19(26-20)16(6,7)13(24)17(19,8)9/h10H,1-9H3,(H,21,22). The quantitative estimate of drug-likeness (QED) is 0.708. The van der Waals surface area contributed by atoms with Crippen molar-refractivity contribution in [2.24, 2.45) is 21.7 Å². The predicted octanol–water partition coefficient (Wildman–Crippen LogP) is 3.82. The molecule has 0 bridgehead atoms. The van der Waals surface area contributed by atoms with Gasteiger partial charge in [-0.05, 0) is 6.92 Å². The lowest BCUT2D eigenvalue weighted by atomic mass is 9.49. The van der Waals surface area contributed by atoms with E-state index in [2.05, 4.69) is 0 Å². The van der Waals surface area contributed by atoms with Gasteiger partial charge < -0.3 is 5.11 Å². The highest BCUT2D eigenvalue weighted by molar-refractivity contribution is 8.21. The normalized spacial score (nSPS) is 33.0. The van der Waals surface area contributed by atoms with E-state index in [0.717, 1.165) is 0 Å². The number of Topliss-reactive ketones (excluding diaryl/α,β-unsaturated/α-hetero) is 2. The number of carbonyl (C=O) groups is 3. The Hall–Kier alpha value is -0.530. The fourth-order valence-corrected chi connectivity index (χ4v) is 10.6. The molecule has 0 aromatic carbocycles. The molecule has 1 saturated heterocycles. The average Bonchev–Trinajstić information content (AvgIpc) is 2.94. The maximum absolute atomic E-state index is 12.9. The van der Waals surface area contributed by atoms with Crippen molar-refractivity contribution in [3.05, 3.63) is 0 Å². The first kappa shape index (κ1) is 20.2. The Morgan fingerprint density at radius 2 is 1.27 bits per heavy atom. The number of nitrogens with zero attached hydrogens (tertiary/aromatic N) is 1. The summed E-state index contributed by atoms with van der Waals surface area (Å²) in [6.07, 6.45) is 0. The smallest absolute Gasteiger partial charge is 0.321 e. The van der Waals surface area contributed by atoms with Gasteiger partial charge in [0.25, 0.3) is 0 Å². The molecule has 0 aromatic rings. The first-order chi connectivity index (χ1) is 11.5. The summed E-state index contributed by atoms with van der Waals surface area (Å²) in [7, 11) is 0. The van der Waals surface area contributed by atoms with Gasteiger partial charge in [-0.2, -0.15) is 0 Å². The van der Waals surface area contributed by atoms with Gasteiger partial charge in [0.05, 0.1) is 21.7 Å². The zero-order chi connectivity index (χ0) is 20.3. The topological polar surface area (TPSA) is 74.7 Å². The third-order valence-electron chi connectivity index (χ3n) is 7.15. The largest absolute Gasteiger partial charge is 0.480 e. The summed E-state index contributed by atoms with van der Waals surface area (Å²) in [5, 5.41) is 9.76. The summed E-state index contributed by atoms with van der Waals surface area (Å²) in [5.41, 5.74) is -2.61. The molecule has 2 spiro atoms. The molecule has 0 radical (unpaired) electrons. The molecule has 3 aliphatic rings. The summed E-state index contributed by atoms with van der Waals surface area (Å²) in [5.74, 6) is -0.591. The molecule has 1 unspecified atom stereocenters. The molecule has 7 heteroatoms. The molecule has 5 nitrogen and oxygen atoms in total. The second kappa shape index (κ2) is 4.90. The number of ketones is 2. The van der Waals surface area contributed by atoms with Crippen LogP contribution in [0.4, 0.5) is 0 Å². The second-order valence-electron chi connectivity index (χ2n) is 9.95. The van der Waals surface area contributed by atoms with Crippen molar-refractivity contribution < 1.29 is 19.5 Å². The minimum atomic E-state index is -0.915. The van der Waals surface area contributed by atoms with Crippen LogP contribution in [-0.4, -0.2) is 41.9 Å². The number of hydrogen-bond donors (Lipinski definition) is 1. The van der Waals surface area contributed by atoms with Gasteiger partial charge in [0, 0.05) is 0 Å². The van der Waals surface area contributed by atoms with Gasteiger partial charge in [0.15, 0.2) is 0 Å². The summed E-state index contributed by atoms with van der Waals surface area (Å²) in [6, 6.07) is -0.763. The molecule has 1 N–H and O–H groups in total. The van der Waals surface area contributed by atoms with Gasteiger partial charge in [-0.3, -0.25) is 14.4 Å². The van der Waals surface area contributed by atoms with E-state index in [1.807, 2.05) is 59.7 Å². The molecule has 1 aliphatic heterocycles. The van der Waals surface area contributed by atoms with E-state index in [-0.39, 0.29) is 11.6 Å². The van der Waals surface area contributed by atoms with Gasteiger partial charge in [-0.15, -0.1) is 11.8 Å². The lowest BCUT2D eigenvalue weighted by molar-refractivity contribution is -0.174. The van der Waals surface area contributed by atoms with Gasteiger partial charge >= 0.3 is 5.97 Å². The monoisotopic (exact) mass is 399 g/mol.